The molecule has 0 bridgehead atoms. The Morgan fingerprint density at radius 1 is 1.05 bits per heavy atom. The monoisotopic (exact) mass is 614 g/mol. The molecule has 0 N–H and O–H groups in total. The van der Waals surface area contributed by atoms with Crippen molar-refractivity contribution in [1.82, 2.24) is 4.90 Å². The van der Waals surface area contributed by atoms with Crippen LogP contribution in [0.15, 0.2) is 70.8 Å². The van der Waals surface area contributed by atoms with Crippen molar-refractivity contribution in [2.45, 2.75) is 6.61 Å². The summed E-state index contributed by atoms with van der Waals surface area (Å²) in [6.45, 7) is -0.278. The molecule has 0 atom stereocenters. The van der Waals surface area contributed by atoms with Gasteiger partial charge in [0.1, 0.15) is 30.4 Å². The van der Waals surface area contributed by atoms with E-state index >= 15 is 0 Å². The quantitative estimate of drug-likeness (QED) is 0.182. The van der Waals surface area contributed by atoms with Gasteiger partial charge in [0, 0.05) is 5.56 Å². The molecule has 8 nitrogen and oxygen atoms in total. The van der Waals surface area contributed by atoms with Gasteiger partial charge in [0.05, 0.1) is 31.5 Å². The largest absolute Gasteiger partial charge is 0.497 e. The molecule has 1 heterocycles. The first-order chi connectivity index (χ1) is 18.8. The first-order valence-electron chi connectivity index (χ1n) is 11.6. The zero-order valence-corrected chi connectivity index (χ0v) is 23.7. The minimum absolute atomic E-state index is 0.0153. The molecule has 1 aliphatic heterocycles. The van der Waals surface area contributed by atoms with Crippen molar-refractivity contribution in [2.24, 2.45) is 0 Å². The Bertz CT molecular complexity index is 1450. The van der Waals surface area contributed by atoms with Crippen LogP contribution < -0.4 is 19.1 Å². The summed E-state index contributed by atoms with van der Waals surface area (Å²) in [4.78, 5) is 28.5. The molecule has 11 heteroatoms. The second-order valence-electron chi connectivity index (χ2n) is 8.23. The van der Waals surface area contributed by atoms with E-state index in [1.165, 1.54) is 30.1 Å². The highest BCUT2D eigenvalue weighted by molar-refractivity contribution is 9.10. The lowest BCUT2D eigenvalue weighted by molar-refractivity contribution is -0.140. The Kier molecular flexibility index (Phi) is 8.82. The molecule has 202 valence electrons. The number of rotatable bonds is 9. The van der Waals surface area contributed by atoms with Gasteiger partial charge < -0.3 is 23.8 Å². The SMILES string of the molecule is COC(=O)CN1C(=S)N(c2ccc(OC)cc2)C(=O)/C1=C/c1cc(Br)c(OCc2ccccc2F)c(OC)c1. The van der Waals surface area contributed by atoms with E-state index in [1.807, 2.05) is 0 Å². The zero-order valence-electron chi connectivity index (χ0n) is 21.3. The zero-order chi connectivity index (χ0) is 28.1. The van der Waals surface area contributed by atoms with Gasteiger partial charge in [-0.05, 0) is 82.3 Å². The Balaban J connectivity index is 1.69. The summed E-state index contributed by atoms with van der Waals surface area (Å²) >= 11 is 9.08. The number of carbonyl (C=O) groups is 2. The van der Waals surface area contributed by atoms with Crippen LogP contribution in [-0.4, -0.2) is 49.8 Å². The Labute approximate surface area is 238 Å². The van der Waals surface area contributed by atoms with Gasteiger partial charge in [0.2, 0.25) is 0 Å². The molecule has 3 aromatic rings. The highest BCUT2D eigenvalue weighted by atomic mass is 79.9. The first-order valence-corrected chi connectivity index (χ1v) is 12.8. The van der Waals surface area contributed by atoms with E-state index in [1.54, 1.807) is 67.8 Å². The number of nitrogens with zero attached hydrogens (tertiary/aromatic N) is 2. The molecule has 0 aromatic heterocycles. The van der Waals surface area contributed by atoms with Crippen LogP contribution in [0.1, 0.15) is 11.1 Å². The van der Waals surface area contributed by atoms with Crippen molar-refractivity contribution in [1.29, 1.82) is 0 Å². The van der Waals surface area contributed by atoms with Crippen molar-refractivity contribution < 1.29 is 32.9 Å². The van der Waals surface area contributed by atoms with E-state index in [-0.39, 0.29) is 29.8 Å². The molecule has 0 radical (unpaired) electrons. The lowest BCUT2D eigenvalue weighted by Gasteiger charge is -2.19. The third-order valence-corrected chi connectivity index (χ3v) is 6.86. The van der Waals surface area contributed by atoms with E-state index in [4.69, 9.17) is 31.2 Å². The molecule has 39 heavy (non-hydrogen) atoms. The highest BCUT2D eigenvalue weighted by Crippen LogP contribution is 2.39. The summed E-state index contributed by atoms with van der Waals surface area (Å²) in [7, 11) is 4.28. The minimum Gasteiger partial charge on any atom is -0.497 e. The Morgan fingerprint density at radius 2 is 1.77 bits per heavy atom. The minimum atomic E-state index is -0.566. The number of halogens is 2. The molecule has 1 aliphatic rings. The normalized spacial score (nSPS) is 14.1. The van der Waals surface area contributed by atoms with Crippen molar-refractivity contribution in [3.63, 3.8) is 0 Å². The molecule has 0 spiro atoms. The van der Waals surface area contributed by atoms with Gasteiger partial charge in [-0.15, -0.1) is 0 Å². The molecule has 1 fully saturated rings. The van der Waals surface area contributed by atoms with Crippen LogP contribution in [0.4, 0.5) is 10.1 Å². The molecular formula is C28H24BrFN2O6S. The topological polar surface area (TPSA) is 77.5 Å². The van der Waals surface area contributed by atoms with Crippen LogP contribution in [0.3, 0.4) is 0 Å². The van der Waals surface area contributed by atoms with Crippen LogP contribution in [0.5, 0.6) is 17.2 Å². The van der Waals surface area contributed by atoms with E-state index < -0.39 is 11.9 Å². The number of benzene rings is 3. The number of hydrogen-bond acceptors (Lipinski definition) is 7. The number of anilines is 1. The number of carbonyl (C=O) groups excluding carboxylic acids is 2. The summed E-state index contributed by atoms with van der Waals surface area (Å²) in [5.74, 6) is -0.0357. The van der Waals surface area contributed by atoms with Gasteiger partial charge in [-0.3, -0.25) is 14.5 Å². The average Bonchev–Trinajstić information content (AvgIpc) is 3.16. The maximum Gasteiger partial charge on any atom is 0.325 e. The van der Waals surface area contributed by atoms with Gasteiger partial charge in [0.15, 0.2) is 16.6 Å². The fourth-order valence-corrected chi connectivity index (χ4v) is 4.80. The fourth-order valence-electron chi connectivity index (χ4n) is 3.87. The average molecular weight is 615 g/mol. The van der Waals surface area contributed by atoms with Crippen LogP contribution >= 0.6 is 28.1 Å². The fraction of sp³-hybridized carbons (Fsp3) is 0.179. The highest BCUT2D eigenvalue weighted by Gasteiger charge is 2.40. The van der Waals surface area contributed by atoms with Gasteiger partial charge in [0.25, 0.3) is 5.91 Å². The van der Waals surface area contributed by atoms with Gasteiger partial charge in [-0.25, -0.2) is 4.39 Å². The summed E-state index contributed by atoms with van der Waals surface area (Å²) in [5.41, 5.74) is 1.63. The predicted octanol–water partition coefficient (Wildman–Crippen LogP) is 5.33. The maximum absolute atomic E-state index is 14.1. The van der Waals surface area contributed by atoms with Crippen molar-refractivity contribution >= 4 is 56.9 Å². The Hall–Kier alpha value is -3.96. The third kappa shape index (κ3) is 6.04. The summed E-state index contributed by atoms with van der Waals surface area (Å²) in [5, 5.41) is 0.123. The molecule has 0 unspecified atom stereocenters. The Morgan fingerprint density at radius 3 is 2.41 bits per heavy atom. The second-order valence-corrected chi connectivity index (χ2v) is 9.45. The number of methoxy groups -OCH3 is 3. The summed E-state index contributed by atoms with van der Waals surface area (Å²) < 4.78 is 36.0. The number of esters is 1. The first kappa shape index (κ1) is 28.1. The van der Waals surface area contributed by atoms with Crippen LogP contribution in [0, 0.1) is 5.82 Å². The standard InChI is InChI=1S/C28H24BrFN2O6S/c1-35-20-10-8-19(9-11-20)32-27(34)23(31(28(32)39)15-25(33)37-3)13-17-12-21(29)26(24(14-17)36-2)38-16-18-6-4-5-7-22(18)30/h4-14H,15-16H2,1-3H3/b23-13-. The molecule has 4 rings (SSSR count). The van der Waals surface area contributed by atoms with E-state index in [9.17, 15) is 14.0 Å². The van der Waals surface area contributed by atoms with Crippen molar-refractivity contribution in [3.8, 4) is 17.2 Å². The third-order valence-electron chi connectivity index (χ3n) is 5.87. The summed E-state index contributed by atoms with van der Waals surface area (Å²) in [6.07, 6.45) is 1.59. The van der Waals surface area contributed by atoms with Crippen LogP contribution in [0.2, 0.25) is 0 Å². The maximum atomic E-state index is 14.1. The van der Waals surface area contributed by atoms with Crippen LogP contribution in [0.25, 0.3) is 6.08 Å². The lowest BCUT2D eigenvalue weighted by atomic mass is 10.1. The van der Waals surface area contributed by atoms with Crippen molar-refractivity contribution in [3.05, 3.63) is 87.8 Å². The predicted molar refractivity (Wildman–Crippen MR) is 151 cm³/mol. The van der Waals surface area contributed by atoms with Gasteiger partial charge in [-0.2, -0.15) is 0 Å². The number of hydrogen-bond donors (Lipinski definition) is 0. The molecule has 1 saturated heterocycles. The van der Waals surface area contributed by atoms with Crippen molar-refractivity contribution in [2.75, 3.05) is 32.8 Å². The number of ether oxygens (including phenoxy) is 4. The molecule has 0 aliphatic carbocycles. The van der Waals surface area contributed by atoms with E-state index in [2.05, 4.69) is 15.9 Å². The molecular weight excluding hydrogens is 591 g/mol. The van der Waals surface area contributed by atoms with Gasteiger partial charge in [-0.1, -0.05) is 18.2 Å². The van der Waals surface area contributed by atoms with Crippen LogP contribution in [-0.2, 0) is 20.9 Å². The molecule has 1 amide bonds. The number of amides is 1. The lowest BCUT2D eigenvalue weighted by Crippen LogP contribution is -2.35. The smallest absolute Gasteiger partial charge is 0.325 e. The summed E-state index contributed by atoms with van der Waals surface area (Å²) in [6, 6.07) is 16.5. The van der Waals surface area contributed by atoms with Gasteiger partial charge >= 0.3 is 5.97 Å². The number of thiocarbonyl (C=S) groups is 1. The molecule has 0 saturated carbocycles. The molecule has 3 aromatic carbocycles. The van der Waals surface area contributed by atoms with E-state index in [0.29, 0.717) is 38.5 Å². The van der Waals surface area contributed by atoms with E-state index in [0.717, 1.165) is 0 Å². The second kappa shape index (κ2) is 12.3.